The molecular formula is C13H14BrClN2OS. The average molecular weight is 362 g/mol. The summed E-state index contributed by atoms with van der Waals surface area (Å²) in [6.07, 6.45) is 3.62. The molecule has 0 radical (unpaired) electrons. The van der Waals surface area contributed by atoms with Crippen LogP contribution in [0.4, 0.5) is 0 Å². The monoisotopic (exact) mass is 360 g/mol. The van der Waals surface area contributed by atoms with E-state index in [1.54, 1.807) is 18.2 Å². The second-order valence-corrected chi connectivity index (χ2v) is 6.38. The first-order valence-corrected chi connectivity index (χ1v) is 7.61. The fourth-order valence-electron chi connectivity index (χ4n) is 2.38. The minimum atomic E-state index is -0.557. The molecular weight excluding hydrogens is 348 g/mol. The van der Waals surface area contributed by atoms with Crippen LogP contribution in [0.2, 0.25) is 5.02 Å². The number of benzene rings is 1. The summed E-state index contributed by atoms with van der Waals surface area (Å²) in [5.74, 6) is -0.235. The molecule has 0 aromatic heterocycles. The summed E-state index contributed by atoms with van der Waals surface area (Å²) < 4.78 is 0.692. The maximum absolute atomic E-state index is 12.4. The first kappa shape index (κ1) is 14.8. The average Bonchev–Trinajstić information content (AvgIpc) is 2.82. The molecule has 1 aliphatic rings. The molecule has 1 saturated carbocycles. The third-order valence-electron chi connectivity index (χ3n) is 3.48. The Labute approximate surface area is 131 Å². The van der Waals surface area contributed by atoms with Gasteiger partial charge in [-0.1, -0.05) is 42.7 Å². The Morgan fingerprint density at radius 3 is 2.63 bits per heavy atom. The fraction of sp³-hybridized carbons (Fsp3) is 0.385. The summed E-state index contributed by atoms with van der Waals surface area (Å²) in [6.45, 7) is 0. The first-order valence-electron chi connectivity index (χ1n) is 6.03. The zero-order valence-corrected chi connectivity index (χ0v) is 13.4. The van der Waals surface area contributed by atoms with E-state index in [2.05, 4.69) is 21.2 Å². The third-order valence-corrected chi connectivity index (χ3v) is 5.16. The number of nitrogens with two attached hydrogens (primary N) is 1. The van der Waals surface area contributed by atoms with Gasteiger partial charge in [-0.25, -0.2) is 0 Å². The number of halogens is 2. The van der Waals surface area contributed by atoms with E-state index in [0.29, 0.717) is 20.0 Å². The van der Waals surface area contributed by atoms with Crippen molar-refractivity contribution in [3.05, 3.63) is 33.3 Å². The van der Waals surface area contributed by atoms with Crippen molar-refractivity contribution in [2.45, 2.75) is 31.2 Å². The zero-order chi connectivity index (χ0) is 14.0. The van der Waals surface area contributed by atoms with E-state index in [1.165, 1.54) is 0 Å². The van der Waals surface area contributed by atoms with E-state index in [1.807, 2.05) is 0 Å². The van der Waals surface area contributed by atoms with Gasteiger partial charge >= 0.3 is 0 Å². The molecule has 1 aromatic carbocycles. The Kier molecular flexibility index (Phi) is 4.48. The van der Waals surface area contributed by atoms with Gasteiger partial charge in [0.15, 0.2) is 0 Å². The number of hydrogen-bond donors (Lipinski definition) is 2. The Morgan fingerprint density at radius 2 is 2.05 bits per heavy atom. The van der Waals surface area contributed by atoms with E-state index in [-0.39, 0.29) is 5.91 Å². The zero-order valence-electron chi connectivity index (χ0n) is 10.2. The van der Waals surface area contributed by atoms with Crippen LogP contribution in [0.5, 0.6) is 0 Å². The quantitative estimate of drug-likeness (QED) is 0.811. The van der Waals surface area contributed by atoms with E-state index >= 15 is 0 Å². The highest BCUT2D eigenvalue weighted by Crippen LogP contribution is 2.32. The Bertz CT molecular complexity index is 529. The van der Waals surface area contributed by atoms with Crippen molar-refractivity contribution in [2.24, 2.45) is 5.73 Å². The molecule has 19 heavy (non-hydrogen) atoms. The van der Waals surface area contributed by atoms with Crippen molar-refractivity contribution in [3.63, 3.8) is 0 Å². The van der Waals surface area contributed by atoms with Gasteiger partial charge in [-0.2, -0.15) is 0 Å². The lowest BCUT2D eigenvalue weighted by molar-refractivity contribution is 0.0924. The molecule has 0 unspecified atom stereocenters. The van der Waals surface area contributed by atoms with Gasteiger partial charge in [0, 0.05) is 4.47 Å². The normalized spacial score (nSPS) is 17.2. The number of carbonyl (C=O) groups excluding carboxylic acids is 1. The van der Waals surface area contributed by atoms with Crippen LogP contribution >= 0.6 is 39.7 Å². The summed E-state index contributed by atoms with van der Waals surface area (Å²) in [6, 6.07) is 5.25. The lowest BCUT2D eigenvalue weighted by Crippen LogP contribution is -2.54. The van der Waals surface area contributed by atoms with Crippen LogP contribution in [-0.2, 0) is 0 Å². The van der Waals surface area contributed by atoms with Crippen molar-refractivity contribution in [1.82, 2.24) is 5.32 Å². The van der Waals surface area contributed by atoms with Crippen molar-refractivity contribution in [3.8, 4) is 0 Å². The summed E-state index contributed by atoms with van der Waals surface area (Å²) in [5.41, 5.74) is 5.67. The molecule has 0 aliphatic heterocycles. The molecule has 102 valence electrons. The summed E-state index contributed by atoms with van der Waals surface area (Å²) >= 11 is 14.5. The molecule has 0 bridgehead atoms. The smallest absolute Gasteiger partial charge is 0.253 e. The number of amides is 1. The fourth-order valence-corrected chi connectivity index (χ4v) is 3.21. The lowest BCUT2D eigenvalue weighted by Gasteiger charge is -2.29. The summed E-state index contributed by atoms with van der Waals surface area (Å²) in [4.78, 5) is 12.7. The van der Waals surface area contributed by atoms with Gasteiger partial charge in [0.25, 0.3) is 5.91 Å². The standard InChI is InChI=1S/C13H14BrClN2OS/c14-9-5-3-4-8(10(9)15)11(18)17-13(12(16)19)6-1-2-7-13/h3-5H,1-2,6-7H2,(H2,16,19)(H,17,18). The first-order chi connectivity index (χ1) is 8.96. The van der Waals surface area contributed by atoms with Gasteiger partial charge in [0.2, 0.25) is 0 Å². The van der Waals surface area contributed by atoms with Gasteiger partial charge in [0.1, 0.15) is 0 Å². The highest BCUT2D eigenvalue weighted by molar-refractivity contribution is 9.10. The predicted octanol–water partition coefficient (Wildman–Crippen LogP) is 3.43. The highest BCUT2D eigenvalue weighted by atomic mass is 79.9. The van der Waals surface area contributed by atoms with Crippen LogP contribution in [0.15, 0.2) is 22.7 Å². The minimum absolute atomic E-state index is 0.235. The third kappa shape index (κ3) is 2.93. The minimum Gasteiger partial charge on any atom is -0.391 e. The van der Waals surface area contributed by atoms with Crippen LogP contribution < -0.4 is 11.1 Å². The van der Waals surface area contributed by atoms with Crippen LogP contribution in [-0.4, -0.2) is 16.4 Å². The molecule has 3 nitrogen and oxygen atoms in total. The summed E-state index contributed by atoms with van der Waals surface area (Å²) in [5, 5.41) is 3.36. The van der Waals surface area contributed by atoms with Gasteiger partial charge in [-0.05, 0) is 40.9 Å². The van der Waals surface area contributed by atoms with Crippen LogP contribution in [0.25, 0.3) is 0 Å². The number of rotatable bonds is 3. The SMILES string of the molecule is NC(=S)C1(NC(=O)c2cccc(Br)c2Cl)CCCC1. The molecule has 0 heterocycles. The second-order valence-electron chi connectivity index (χ2n) is 4.71. The molecule has 0 saturated heterocycles. The largest absolute Gasteiger partial charge is 0.391 e. The second kappa shape index (κ2) is 5.77. The number of hydrogen-bond acceptors (Lipinski definition) is 2. The van der Waals surface area contributed by atoms with Gasteiger partial charge in [-0.3, -0.25) is 4.79 Å². The number of nitrogens with one attached hydrogen (secondary N) is 1. The molecule has 1 amide bonds. The lowest BCUT2D eigenvalue weighted by atomic mass is 9.97. The molecule has 2 rings (SSSR count). The number of carbonyl (C=O) groups is 1. The number of thiocarbonyl (C=S) groups is 1. The molecule has 0 spiro atoms. The van der Waals surface area contributed by atoms with Crippen LogP contribution in [0, 0.1) is 0 Å². The van der Waals surface area contributed by atoms with Crippen molar-refractivity contribution in [1.29, 1.82) is 0 Å². The Morgan fingerprint density at radius 1 is 1.42 bits per heavy atom. The highest BCUT2D eigenvalue weighted by Gasteiger charge is 2.38. The molecule has 0 atom stereocenters. The van der Waals surface area contributed by atoms with Crippen molar-refractivity contribution >= 4 is 50.6 Å². The van der Waals surface area contributed by atoms with E-state index in [4.69, 9.17) is 29.6 Å². The van der Waals surface area contributed by atoms with E-state index < -0.39 is 5.54 Å². The summed E-state index contributed by atoms with van der Waals surface area (Å²) in [7, 11) is 0. The molecule has 3 N–H and O–H groups in total. The topological polar surface area (TPSA) is 55.1 Å². The maximum Gasteiger partial charge on any atom is 0.253 e. The molecule has 6 heteroatoms. The van der Waals surface area contributed by atoms with Gasteiger partial charge in [0.05, 0.1) is 21.1 Å². The van der Waals surface area contributed by atoms with Crippen molar-refractivity contribution < 1.29 is 4.79 Å². The van der Waals surface area contributed by atoms with Crippen LogP contribution in [0.3, 0.4) is 0 Å². The van der Waals surface area contributed by atoms with E-state index in [9.17, 15) is 4.79 Å². The van der Waals surface area contributed by atoms with Crippen molar-refractivity contribution in [2.75, 3.05) is 0 Å². The Hall–Kier alpha value is -0.650. The molecule has 1 fully saturated rings. The molecule has 1 aliphatic carbocycles. The van der Waals surface area contributed by atoms with Gasteiger partial charge in [-0.15, -0.1) is 0 Å². The van der Waals surface area contributed by atoms with Gasteiger partial charge < -0.3 is 11.1 Å². The maximum atomic E-state index is 12.4. The van der Waals surface area contributed by atoms with E-state index in [0.717, 1.165) is 25.7 Å². The van der Waals surface area contributed by atoms with Crippen LogP contribution in [0.1, 0.15) is 36.0 Å². The molecule has 1 aromatic rings. The Balaban J connectivity index is 2.25. The predicted molar refractivity (Wildman–Crippen MR) is 84.6 cm³/mol.